The van der Waals surface area contributed by atoms with Crippen molar-refractivity contribution in [1.82, 2.24) is 5.43 Å². The summed E-state index contributed by atoms with van der Waals surface area (Å²) >= 11 is 0. The van der Waals surface area contributed by atoms with Gasteiger partial charge in [-0.25, -0.2) is 5.43 Å². The molecular formula is C17H14N3O5-. The summed E-state index contributed by atoms with van der Waals surface area (Å²) in [5.41, 5.74) is 2.81. The van der Waals surface area contributed by atoms with Crippen LogP contribution in [0.3, 0.4) is 0 Å². The number of nitrogens with zero attached hydrogens (tertiary/aromatic N) is 1. The van der Waals surface area contributed by atoms with Crippen molar-refractivity contribution in [3.63, 3.8) is 0 Å². The van der Waals surface area contributed by atoms with E-state index in [2.05, 4.69) is 15.8 Å². The molecule has 0 saturated heterocycles. The van der Waals surface area contributed by atoms with Crippen LogP contribution in [-0.4, -0.2) is 31.1 Å². The lowest BCUT2D eigenvalue weighted by molar-refractivity contribution is -0.255. The molecule has 0 fully saturated rings. The van der Waals surface area contributed by atoms with Crippen LogP contribution < -0.4 is 20.6 Å². The molecular weight excluding hydrogens is 326 g/mol. The molecule has 2 rings (SSSR count). The van der Waals surface area contributed by atoms with Gasteiger partial charge in [-0.1, -0.05) is 12.1 Å². The zero-order chi connectivity index (χ0) is 18.2. The van der Waals surface area contributed by atoms with E-state index in [1.807, 2.05) is 0 Å². The minimum atomic E-state index is -1.38. The first kappa shape index (κ1) is 17.7. The number of carbonyl (C=O) groups excluding carboxylic acids is 3. The SMILES string of the molecule is COc1ccc(/C=N\NC(=O)C(=O)Nc2cccc(C(=O)[O-])c2)cc1. The first-order valence-corrected chi connectivity index (χ1v) is 7.09. The molecule has 2 amide bonds. The second-order valence-corrected chi connectivity index (χ2v) is 4.79. The van der Waals surface area contributed by atoms with Crippen molar-refractivity contribution < 1.29 is 24.2 Å². The molecule has 0 heterocycles. The van der Waals surface area contributed by atoms with E-state index in [-0.39, 0.29) is 11.3 Å². The number of nitrogens with one attached hydrogen (secondary N) is 2. The average molecular weight is 340 g/mol. The lowest BCUT2D eigenvalue weighted by Crippen LogP contribution is -2.32. The summed E-state index contributed by atoms with van der Waals surface area (Å²) in [6.07, 6.45) is 1.36. The van der Waals surface area contributed by atoms with Gasteiger partial charge in [0, 0.05) is 5.69 Å². The highest BCUT2D eigenvalue weighted by Gasteiger charge is 2.13. The highest BCUT2D eigenvalue weighted by Crippen LogP contribution is 2.10. The predicted molar refractivity (Wildman–Crippen MR) is 88.1 cm³/mol. The van der Waals surface area contributed by atoms with E-state index in [1.165, 1.54) is 30.5 Å². The maximum Gasteiger partial charge on any atom is 0.329 e. The third kappa shape index (κ3) is 5.17. The third-order valence-electron chi connectivity index (χ3n) is 3.06. The molecule has 0 spiro atoms. The maximum atomic E-state index is 11.7. The van der Waals surface area contributed by atoms with Gasteiger partial charge < -0.3 is 20.0 Å². The van der Waals surface area contributed by atoms with Crippen molar-refractivity contribution in [3.8, 4) is 5.75 Å². The predicted octanol–water partition coefficient (Wildman–Crippen LogP) is 0.147. The van der Waals surface area contributed by atoms with Gasteiger partial charge in [0.25, 0.3) is 0 Å². The Hall–Kier alpha value is -3.68. The Labute approximate surface area is 143 Å². The molecule has 0 aromatic heterocycles. The van der Waals surface area contributed by atoms with E-state index in [0.717, 1.165) is 0 Å². The van der Waals surface area contributed by atoms with Crippen molar-refractivity contribution in [2.24, 2.45) is 5.10 Å². The molecule has 25 heavy (non-hydrogen) atoms. The molecule has 128 valence electrons. The van der Waals surface area contributed by atoms with Crippen LogP contribution in [0.25, 0.3) is 0 Å². The van der Waals surface area contributed by atoms with Crippen LogP contribution in [0.15, 0.2) is 53.6 Å². The summed E-state index contributed by atoms with van der Waals surface area (Å²) in [7, 11) is 1.55. The average Bonchev–Trinajstić information content (AvgIpc) is 2.62. The van der Waals surface area contributed by atoms with Crippen molar-refractivity contribution in [3.05, 3.63) is 59.7 Å². The Morgan fingerprint density at radius 3 is 2.44 bits per heavy atom. The Bertz CT molecular complexity index is 815. The van der Waals surface area contributed by atoms with E-state index in [4.69, 9.17) is 4.74 Å². The van der Waals surface area contributed by atoms with Gasteiger partial charge in [0.15, 0.2) is 0 Å². The number of methoxy groups -OCH3 is 1. The number of hydrogen-bond donors (Lipinski definition) is 2. The Kier molecular flexibility index (Phi) is 5.83. The van der Waals surface area contributed by atoms with Gasteiger partial charge in [-0.3, -0.25) is 9.59 Å². The van der Waals surface area contributed by atoms with E-state index >= 15 is 0 Å². The van der Waals surface area contributed by atoms with Gasteiger partial charge in [-0.2, -0.15) is 5.10 Å². The lowest BCUT2D eigenvalue weighted by atomic mass is 10.2. The smallest absolute Gasteiger partial charge is 0.329 e. The molecule has 0 radical (unpaired) electrons. The molecule has 0 aliphatic rings. The maximum absolute atomic E-state index is 11.7. The molecule has 2 aromatic rings. The number of benzene rings is 2. The van der Waals surface area contributed by atoms with Crippen molar-refractivity contribution in [2.45, 2.75) is 0 Å². The van der Waals surface area contributed by atoms with Crippen molar-refractivity contribution in [2.75, 3.05) is 12.4 Å². The van der Waals surface area contributed by atoms with Crippen LogP contribution in [0, 0.1) is 0 Å². The van der Waals surface area contributed by atoms with Crippen LogP contribution in [0.4, 0.5) is 5.69 Å². The Balaban J connectivity index is 1.91. The third-order valence-corrected chi connectivity index (χ3v) is 3.06. The lowest BCUT2D eigenvalue weighted by Gasteiger charge is -2.07. The van der Waals surface area contributed by atoms with E-state index in [1.54, 1.807) is 31.4 Å². The van der Waals surface area contributed by atoms with E-state index < -0.39 is 17.8 Å². The quantitative estimate of drug-likeness (QED) is 0.456. The fourth-order valence-corrected chi connectivity index (χ4v) is 1.82. The molecule has 0 aliphatic heterocycles. The number of carboxylic acids is 1. The Morgan fingerprint density at radius 1 is 1.08 bits per heavy atom. The minimum Gasteiger partial charge on any atom is -0.545 e. The topological polar surface area (TPSA) is 120 Å². The van der Waals surface area contributed by atoms with Gasteiger partial charge >= 0.3 is 11.8 Å². The first-order chi connectivity index (χ1) is 12.0. The number of rotatable bonds is 5. The normalized spacial score (nSPS) is 10.3. The van der Waals surface area contributed by atoms with Crippen LogP contribution in [0.2, 0.25) is 0 Å². The van der Waals surface area contributed by atoms with Crippen LogP contribution in [0.1, 0.15) is 15.9 Å². The van der Waals surface area contributed by atoms with Crippen LogP contribution >= 0.6 is 0 Å². The highest BCUT2D eigenvalue weighted by molar-refractivity contribution is 6.39. The number of hydrogen-bond acceptors (Lipinski definition) is 6. The number of carbonyl (C=O) groups is 3. The van der Waals surface area contributed by atoms with E-state index in [0.29, 0.717) is 11.3 Å². The molecule has 0 saturated carbocycles. The minimum absolute atomic E-state index is 0.115. The number of amides is 2. The number of carboxylic acid groups (broad SMARTS) is 1. The number of aromatic carboxylic acids is 1. The summed E-state index contributed by atoms with van der Waals surface area (Å²) in [6, 6.07) is 12.2. The highest BCUT2D eigenvalue weighted by atomic mass is 16.5. The number of ether oxygens (including phenoxy) is 1. The Morgan fingerprint density at radius 2 is 1.80 bits per heavy atom. The van der Waals surface area contributed by atoms with Gasteiger partial charge in [0.1, 0.15) is 5.75 Å². The van der Waals surface area contributed by atoms with Gasteiger partial charge in [0.2, 0.25) is 0 Å². The second-order valence-electron chi connectivity index (χ2n) is 4.79. The van der Waals surface area contributed by atoms with Crippen molar-refractivity contribution in [1.29, 1.82) is 0 Å². The number of anilines is 1. The fourth-order valence-electron chi connectivity index (χ4n) is 1.82. The first-order valence-electron chi connectivity index (χ1n) is 7.09. The standard InChI is InChI=1S/C17H15N3O5/c1-25-14-7-5-11(6-8-14)10-18-20-16(22)15(21)19-13-4-2-3-12(9-13)17(23)24/h2-10H,1H3,(H,19,21)(H,20,22)(H,23,24)/p-1/b18-10-. The molecule has 0 aliphatic carbocycles. The molecule has 0 unspecified atom stereocenters. The molecule has 0 bridgehead atoms. The summed E-state index contributed by atoms with van der Waals surface area (Å²) in [5.74, 6) is -2.69. The van der Waals surface area contributed by atoms with Gasteiger partial charge in [0.05, 0.1) is 19.3 Å². The van der Waals surface area contributed by atoms with Gasteiger partial charge in [-0.05, 0) is 47.5 Å². The molecule has 2 aromatic carbocycles. The summed E-state index contributed by atoms with van der Waals surface area (Å²) < 4.78 is 5.02. The van der Waals surface area contributed by atoms with Crippen molar-refractivity contribution >= 4 is 29.7 Å². The van der Waals surface area contributed by atoms with E-state index in [9.17, 15) is 19.5 Å². The zero-order valence-electron chi connectivity index (χ0n) is 13.2. The summed E-state index contributed by atoms with van der Waals surface area (Å²) in [6.45, 7) is 0. The van der Waals surface area contributed by atoms with Gasteiger partial charge in [-0.15, -0.1) is 0 Å². The van der Waals surface area contributed by atoms with Crippen LogP contribution in [0.5, 0.6) is 5.75 Å². The second kappa shape index (κ2) is 8.25. The summed E-state index contributed by atoms with van der Waals surface area (Å²) in [5, 5.41) is 16.7. The monoisotopic (exact) mass is 340 g/mol. The summed E-state index contributed by atoms with van der Waals surface area (Å²) in [4.78, 5) is 34.2. The molecule has 8 nitrogen and oxygen atoms in total. The zero-order valence-corrected chi connectivity index (χ0v) is 13.2. The molecule has 2 N–H and O–H groups in total. The van der Waals surface area contributed by atoms with Crippen LogP contribution in [-0.2, 0) is 9.59 Å². The fraction of sp³-hybridized carbons (Fsp3) is 0.0588. The largest absolute Gasteiger partial charge is 0.545 e. The molecule has 0 atom stereocenters. The molecule has 8 heteroatoms. The number of hydrazone groups is 1.